The quantitative estimate of drug-likeness (QED) is 0.856. The fourth-order valence-corrected chi connectivity index (χ4v) is 2.48. The van der Waals surface area contributed by atoms with Crippen molar-refractivity contribution < 1.29 is 4.79 Å². The van der Waals surface area contributed by atoms with E-state index in [0.29, 0.717) is 11.4 Å². The summed E-state index contributed by atoms with van der Waals surface area (Å²) in [4.78, 5) is 17.1. The SMILES string of the molecule is C=CCNC(=O)c1sc(C)nc1-c1ccccc1. The normalized spacial score (nSPS) is 10.1. The minimum absolute atomic E-state index is 0.0978. The first-order chi connectivity index (χ1) is 8.72. The number of amides is 1. The monoisotopic (exact) mass is 258 g/mol. The first-order valence-corrected chi connectivity index (χ1v) is 6.46. The molecule has 0 saturated carbocycles. The molecule has 1 heterocycles. The number of aryl methyl sites for hydroxylation is 1. The number of aromatic nitrogens is 1. The fourth-order valence-electron chi connectivity index (χ4n) is 1.62. The first-order valence-electron chi connectivity index (χ1n) is 5.64. The summed E-state index contributed by atoms with van der Waals surface area (Å²) in [5.74, 6) is -0.0978. The fraction of sp³-hybridized carbons (Fsp3) is 0.143. The van der Waals surface area contributed by atoms with Crippen molar-refractivity contribution in [2.45, 2.75) is 6.92 Å². The molecule has 0 spiro atoms. The number of rotatable bonds is 4. The lowest BCUT2D eigenvalue weighted by Gasteiger charge is -2.02. The van der Waals surface area contributed by atoms with Gasteiger partial charge >= 0.3 is 0 Å². The van der Waals surface area contributed by atoms with Gasteiger partial charge in [0.15, 0.2) is 0 Å². The van der Waals surface area contributed by atoms with Crippen LogP contribution in [0.15, 0.2) is 43.0 Å². The molecular formula is C14H14N2OS. The number of nitrogens with one attached hydrogen (secondary N) is 1. The molecule has 0 aliphatic heterocycles. The third kappa shape index (κ3) is 2.65. The number of carbonyl (C=O) groups excluding carboxylic acids is 1. The Labute approximate surface area is 110 Å². The van der Waals surface area contributed by atoms with Crippen LogP contribution in [-0.4, -0.2) is 17.4 Å². The molecule has 2 rings (SSSR count). The maximum atomic E-state index is 12.0. The number of thiazole rings is 1. The van der Waals surface area contributed by atoms with Crippen LogP contribution in [0.5, 0.6) is 0 Å². The van der Waals surface area contributed by atoms with Crippen molar-refractivity contribution in [2.24, 2.45) is 0 Å². The molecule has 1 amide bonds. The Bertz CT molecular complexity index is 560. The van der Waals surface area contributed by atoms with Crippen LogP contribution in [0.4, 0.5) is 0 Å². The number of hydrogen-bond acceptors (Lipinski definition) is 3. The average molecular weight is 258 g/mol. The van der Waals surface area contributed by atoms with Crippen molar-refractivity contribution in [3.63, 3.8) is 0 Å². The summed E-state index contributed by atoms with van der Waals surface area (Å²) in [6.07, 6.45) is 1.66. The Morgan fingerprint density at radius 1 is 1.44 bits per heavy atom. The topological polar surface area (TPSA) is 42.0 Å². The highest BCUT2D eigenvalue weighted by molar-refractivity contribution is 7.14. The molecule has 0 fully saturated rings. The van der Waals surface area contributed by atoms with Crippen LogP contribution in [0.25, 0.3) is 11.3 Å². The minimum Gasteiger partial charge on any atom is -0.348 e. The van der Waals surface area contributed by atoms with Crippen LogP contribution in [0.2, 0.25) is 0 Å². The predicted octanol–water partition coefficient (Wildman–Crippen LogP) is 3.03. The summed E-state index contributed by atoms with van der Waals surface area (Å²) < 4.78 is 0. The number of benzene rings is 1. The van der Waals surface area contributed by atoms with E-state index < -0.39 is 0 Å². The van der Waals surface area contributed by atoms with Gasteiger partial charge in [0.1, 0.15) is 4.88 Å². The largest absolute Gasteiger partial charge is 0.348 e. The van der Waals surface area contributed by atoms with E-state index in [1.54, 1.807) is 6.08 Å². The Morgan fingerprint density at radius 2 is 2.17 bits per heavy atom. The molecule has 18 heavy (non-hydrogen) atoms. The lowest BCUT2D eigenvalue weighted by atomic mass is 10.1. The highest BCUT2D eigenvalue weighted by Crippen LogP contribution is 2.27. The molecular weight excluding hydrogens is 244 g/mol. The van der Waals surface area contributed by atoms with E-state index in [4.69, 9.17) is 0 Å². The maximum absolute atomic E-state index is 12.0. The van der Waals surface area contributed by atoms with Crippen molar-refractivity contribution in [1.29, 1.82) is 0 Å². The van der Waals surface area contributed by atoms with Gasteiger partial charge < -0.3 is 5.32 Å². The summed E-state index contributed by atoms with van der Waals surface area (Å²) in [5, 5.41) is 3.67. The third-order valence-electron chi connectivity index (χ3n) is 2.39. The molecule has 0 aliphatic carbocycles. The summed E-state index contributed by atoms with van der Waals surface area (Å²) in [5.41, 5.74) is 1.71. The molecule has 0 radical (unpaired) electrons. The summed E-state index contributed by atoms with van der Waals surface area (Å²) in [7, 11) is 0. The molecule has 0 aliphatic rings. The van der Waals surface area contributed by atoms with Gasteiger partial charge in [-0.25, -0.2) is 4.98 Å². The molecule has 1 aromatic carbocycles. The smallest absolute Gasteiger partial charge is 0.263 e. The van der Waals surface area contributed by atoms with Crippen LogP contribution < -0.4 is 5.32 Å². The van der Waals surface area contributed by atoms with Crippen LogP contribution in [0.1, 0.15) is 14.7 Å². The Balaban J connectivity index is 2.37. The van der Waals surface area contributed by atoms with Crippen LogP contribution >= 0.6 is 11.3 Å². The summed E-state index contributed by atoms with van der Waals surface area (Å²) in [6.45, 7) is 5.95. The first kappa shape index (κ1) is 12.5. The van der Waals surface area contributed by atoms with Crippen molar-refractivity contribution in [3.05, 3.63) is 52.9 Å². The molecule has 3 nitrogen and oxygen atoms in total. The number of carbonyl (C=O) groups is 1. The van der Waals surface area contributed by atoms with Crippen molar-refractivity contribution >= 4 is 17.2 Å². The van der Waals surface area contributed by atoms with Crippen molar-refractivity contribution in [3.8, 4) is 11.3 Å². The molecule has 92 valence electrons. The lowest BCUT2D eigenvalue weighted by molar-refractivity contribution is 0.0962. The number of hydrogen-bond donors (Lipinski definition) is 1. The van der Waals surface area contributed by atoms with Gasteiger partial charge in [0.05, 0.1) is 10.7 Å². The van der Waals surface area contributed by atoms with Gasteiger partial charge in [-0.2, -0.15) is 0 Å². The highest BCUT2D eigenvalue weighted by Gasteiger charge is 2.17. The van der Waals surface area contributed by atoms with Gasteiger partial charge in [-0.1, -0.05) is 36.4 Å². The van der Waals surface area contributed by atoms with Crippen LogP contribution in [-0.2, 0) is 0 Å². The predicted molar refractivity (Wildman–Crippen MR) is 74.8 cm³/mol. The van der Waals surface area contributed by atoms with Gasteiger partial charge in [0, 0.05) is 12.1 Å². The maximum Gasteiger partial charge on any atom is 0.263 e. The van der Waals surface area contributed by atoms with E-state index in [1.165, 1.54) is 11.3 Å². The van der Waals surface area contributed by atoms with E-state index in [0.717, 1.165) is 16.3 Å². The molecule has 0 unspecified atom stereocenters. The summed E-state index contributed by atoms with van der Waals surface area (Å²) in [6, 6.07) is 9.74. The Kier molecular flexibility index (Phi) is 3.89. The van der Waals surface area contributed by atoms with Gasteiger partial charge in [-0.15, -0.1) is 17.9 Å². The van der Waals surface area contributed by atoms with E-state index in [9.17, 15) is 4.79 Å². The van der Waals surface area contributed by atoms with Gasteiger partial charge in [0.2, 0.25) is 0 Å². The van der Waals surface area contributed by atoms with Gasteiger partial charge in [0.25, 0.3) is 5.91 Å². The molecule has 4 heteroatoms. The highest BCUT2D eigenvalue weighted by atomic mass is 32.1. The van der Waals surface area contributed by atoms with E-state index in [-0.39, 0.29) is 5.91 Å². The number of nitrogens with zero attached hydrogens (tertiary/aromatic N) is 1. The zero-order valence-electron chi connectivity index (χ0n) is 10.1. The Hall–Kier alpha value is -1.94. The van der Waals surface area contributed by atoms with Crippen molar-refractivity contribution in [1.82, 2.24) is 10.3 Å². The van der Waals surface area contributed by atoms with Crippen molar-refractivity contribution in [2.75, 3.05) is 6.54 Å². The van der Waals surface area contributed by atoms with Crippen LogP contribution in [0, 0.1) is 6.92 Å². The second kappa shape index (κ2) is 5.60. The van der Waals surface area contributed by atoms with Crippen LogP contribution in [0.3, 0.4) is 0 Å². The molecule has 0 bridgehead atoms. The lowest BCUT2D eigenvalue weighted by Crippen LogP contribution is -2.22. The van der Waals surface area contributed by atoms with Gasteiger partial charge in [-0.3, -0.25) is 4.79 Å². The molecule has 0 saturated heterocycles. The minimum atomic E-state index is -0.0978. The molecule has 2 aromatic rings. The van der Waals surface area contributed by atoms with E-state index in [2.05, 4.69) is 16.9 Å². The zero-order valence-corrected chi connectivity index (χ0v) is 11.0. The van der Waals surface area contributed by atoms with Gasteiger partial charge in [-0.05, 0) is 6.92 Å². The third-order valence-corrected chi connectivity index (χ3v) is 3.36. The second-order valence-corrected chi connectivity index (χ2v) is 4.98. The standard InChI is InChI=1S/C14H14N2OS/c1-3-9-15-14(17)13-12(16-10(2)18-13)11-7-5-4-6-8-11/h3-8H,1,9H2,2H3,(H,15,17). The molecule has 1 aromatic heterocycles. The zero-order chi connectivity index (χ0) is 13.0. The van der Waals surface area contributed by atoms with E-state index >= 15 is 0 Å². The average Bonchev–Trinajstić information content (AvgIpc) is 2.79. The van der Waals surface area contributed by atoms with E-state index in [1.807, 2.05) is 37.3 Å². The molecule has 0 atom stereocenters. The molecule has 1 N–H and O–H groups in total. The Morgan fingerprint density at radius 3 is 2.83 bits per heavy atom. The second-order valence-electron chi connectivity index (χ2n) is 3.78. The summed E-state index contributed by atoms with van der Waals surface area (Å²) >= 11 is 1.41.